The van der Waals surface area contributed by atoms with Gasteiger partial charge in [0.05, 0.1) is 0 Å². The summed E-state index contributed by atoms with van der Waals surface area (Å²) in [5.41, 5.74) is 0.810. The zero-order valence-corrected chi connectivity index (χ0v) is 15.3. The maximum absolute atomic E-state index is 12.0. The van der Waals surface area contributed by atoms with Crippen molar-refractivity contribution in [2.45, 2.75) is 26.2 Å². The van der Waals surface area contributed by atoms with E-state index in [0.29, 0.717) is 5.56 Å². The molecule has 7 heteroatoms. The van der Waals surface area contributed by atoms with Crippen LogP contribution in [0.2, 0.25) is 0 Å². The summed E-state index contributed by atoms with van der Waals surface area (Å²) in [4.78, 5) is 35.7. The van der Waals surface area contributed by atoms with Gasteiger partial charge in [-0.1, -0.05) is 36.4 Å². The number of hydrogen-bond donors (Lipinski definition) is 1. The van der Waals surface area contributed by atoms with Crippen LogP contribution in [0.25, 0.3) is 6.08 Å². The molecule has 0 atom stereocenters. The van der Waals surface area contributed by atoms with Crippen LogP contribution in [-0.2, 0) is 25.7 Å². The predicted octanol–water partition coefficient (Wildman–Crippen LogP) is 3.18. The van der Waals surface area contributed by atoms with Gasteiger partial charge in [-0.25, -0.2) is 14.4 Å². The van der Waals surface area contributed by atoms with Gasteiger partial charge in [-0.3, -0.25) is 0 Å². The molecule has 0 radical (unpaired) electrons. The second-order valence-corrected chi connectivity index (χ2v) is 6.57. The number of carbonyl (C=O) groups is 3. The highest BCUT2D eigenvalue weighted by molar-refractivity contribution is 6.19. The van der Waals surface area contributed by atoms with Gasteiger partial charge in [0.15, 0.2) is 0 Å². The van der Waals surface area contributed by atoms with Crippen LogP contribution in [0.3, 0.4) is 0 Å². The summed E-state index contributed by atoms with van der Waals surface area (Å²) in [7, 11) is 0. The summed E-state index contributed by atoms with van der Waals surface area (Å²) >= 11 is 0. The Morgan fingerprint density at radius 1 is 1.07 bits per heavy atom. The van der Waals surface area contributed by atoms with Crippen molar-refractivity contribution in [2.75, 3.05) is 0 Å². The molecular formula is C21H18O7. The highest BCUT2D eigenvalue weighted by Crippen LogP contribution is 2.26. The van der Waals surface area contributed by atoms with E-state index in [2.05, 4.69) is 0 Å². The fourth-order valence-corrected chi connectivity index (χ4v) is 2.61. The third-order valence-corrected chi connectivity index (χ3v) is 3.90. The Morgan fingerprint density at radius 2 is 1.71 bits per heavy atom. The third-order valence-electron chi connectivity index (χ3n) is 3.90. The van der Waals surface area contributed by atoms with E-state index in [4.69, 9.17) is 14.2 Å². The summed E-state index contributed by atoms with van der Waals surface area (Å²) in [6.07, 6.45) is 1.23. The summed E-state index contributed by atoms with van der Waals surface area (Å²) < 4.78 is 15.7. The van der Waals surface area contributed by atoms with Gasteiger partial charge in [0.1, 0.15) is 23.5 Å². The number of cyclic esters (lactones) is 2. The van der Waals surface area contributed by atoms with Crippen LogP contribution < -0.4 is 4.74 Å². The van der Waals surface area contributed by atoms with Gasteiger partial charge in [-0.15, -0.1) is 0 Å². The van der Waals surface area contributed by atoms with Crippen molar-refractivity contribution >= 4 is 24.0 Å². The zero-order chi connectivity index (χ0) is 20.3. The molecule has 3 rings (SSSR count). The topological polar surface area (TPSA) is 99.1 Å². The maximum atomic E-state index is 12.0. The molecule has 0 unspecified atom stereocenters. The molecule has 28 heavy (non-hydrogen) atoms. The maximum Gasteiger partial charge on any atom is 0.348 e. The molecular weight excluding hydrogens is 364 g/mol. The van der Waals surface area contributed by atoms with E-state index in [9.17, 15) is 19.5 Å². The summed E-state index contributed by atoms with van der Waals surface area (Å²) in [6, 6.07) is 13.6. The molecule has 2 aromatic rings. The largest absolute Gasteiger partial charge is 0.488 e. The number of rotatable bonds is 5. The first-order chi connectivity index (χ1) is 13.2. The van der Waals surface area contributed by atoms with Crippen LogP contribution in [0, 0.1) is 0 Å². The summed E-state index contributed by atoms with van der Waals surface area (Å²) in [5, 5.41) is 9.48. The first kappa shape index (κ1) is 19.2. The molecule has 2 aromatic carbocycles. The Balaban J connectivity index is 1.85. The van der Waals surface area contributed by atoms with Gasteiger partial charge in [0.25, 0.3) is 5.79 Å². The number of carboxylic acids is 1. The SMILES string of the molecule is CC1(C)OC(=O)C(=Cc2ccc(OCc3ccccc3)c(C(=O)O)c2)C(=O)O1. The quantitative estimate of drug-likeness (QED) is 0.482. The molecule has 0 amide bonds. The number of carbonyl (C=O) groups excluding carboxylic acids is 2. The van der Waals surface area contributed by atoms with E-state index >= 15 is 0 Å². The molecule has 0 spiro atoms. The molecule has 144 valence electrons. The zero-order valence-electron chi connectivity index (χ0n) is 15.3. The van der Waals surface area contributed by atoms with Crippen molar-refractivity contribution in [2.24, 2.45) is 0 Å². The van der Waals surface area contributed by atoms with Gasteiger partial charge >= 0.3 is 17.9 Å². The van der Waals surface area contributed by atoms with E-state index in [1.807, 2.05) is 30.3 Å². The molecule has 7 nitrogen and oxygen atoms in total. The minimum atomic E-state index is -1.34. The lowest BCUT2D eigenvalue weighted by molar-refractivity contribution is -0.222. The normalized spacial score (nSPS) is 15.4. The molecule has 1 aliphatic rings. The second-order valence-electron chi connectivity index (χ2n) is 6.57. The van der Waals surface area contributed by atoms with E-state index in [1.54, 1.807) is 6.07 Å². The Kier molecular flexibility index (Phi) is 5.17. The van der Waals surface area contributed by atoms with Crippen molar-refractivity contribution in [3.05, 3.63) is 70.8 Å². The Bertz CT molecular complexity index is 936. The monoisotopic (exact) mass is 382 g/mol. The van der Waals surface area contributed by atoms with Crippen LogP contribution in [0.5, 0.6) is 5.75 Å². The minimum Gasteiger partial charge on any atom is -0.488 e. The number of esters is 2. The van der Waals surface area contributed by atoms with Gasteiger partial charge in [-0.05, 0) is 29.3 Å². The summed E-state index contributed by atoms with van der Waals surface area (Å²) in [5.74, 6) is -4.02. The average Bonchev–Trinajstić information content (AvgIpc) is 2.63. The number of ether oxygens (including phenoxy) is 3. The molecule has 0 aromatic heterocycles. The van der Waals surface area contributed by atoms with Crippen LogP contribution in [-0.4, -0.2) is 28.8 Å². The van der Waals surface area contributed by atoms with Crippen molar-refractivity contribution in [3.63, 3.8) is 0 Å². The lowest BCUT2D eigenvalue weighted by Gasteiger charge is -2.29. The summed E-state index contributed by atoms with van der Waals surface area (Å²) in [6.45, 7) is 3.09. The average molecular weight is 382 g/mol. The number of carboxylic acid groups (broad SMARTS) is 1. The van der Waals surface area contributed by atoms with Gasteiger partial charge in [0.2, 0.25) is 0 Å². The van der Waals surface area contributed by atoms with E-state index in [0.717, 1.165) is 5.56 Å². The van der Waals surface area contributed by atoms with Gasteiger partial charge in [-0.2, -0.15) is 0 Å². The van der Waals surface area contributed by atoms with Crippen LogP contribution in [0.1, 0.15) is 35.3 Å². The lowest BCUT2D eigenvalue weighted by atomic mass is 10.1. The van der Waals surface area contributed by atoms with E-state index in [1.165, 1.54) is 32.1 Å². The second kappa shape index (κ2) is 7.56. The van der Waals surface area contributed by atoms with Crippen molar-refractivity contribution in [1.29, 1.82) is 0 Å². The minimum absolute atomic E-state index is 0.0943. The van der Waals surface area contributed by atoms with Crippen molar-refractivity contribution < 1.29 is 33.7 Å². The van der Waals surface area contributed by atoms with Crippen LogP contribution in [0.4, 0.5) is 0 Å². The van der Waals surface area contributed by atoms with Crippen LogP contribution >= 0.6 is 0 Å². The van der Waals surface area contributed by atoms with Crippen molar-refractivity contribution in [3.8, 4) is 5.75 Å². The van der Waals surface area contributed by atoms with E-state index < -0.39 is 23.7 Å². The third kappa shape index (κ3) is 4.37. The molecule has 1 fully saturated rings. The standard InChI is InChI=1S/C21H18O7/c1-21(2)27-19(24)16(20(25)28-21)11-14-8-9-17(15(10-14)18(22)23)26-12-13-6-4-3-5-7-13/h3-11H,12H2,1-2H3,(H,22,23). The molecule has 0 bridgehead atoms. The fourth-order valence-electron chi connectivity index (χ4n) is 2.61. The molecule has 1 aliphatic heterocycles. The number of hydrogen-bond acceptors (Lipinski definition) is 6. The molecule has 0 saturated carbocycles. The first-order valence-corrected chi connectivity index (χ1v) is 8.47. The highest BCUT2D eigenvalue weighted by atomic mass is 16.7. The Hall–Kier alpha value is -3.61. The molecule has 1 saturated heterocycles. The Labute approximate surface area is 161 Å². The van der Waals surface area contributed by atoms with Crippen LogP contribution in [0.15, 0.2) is 54.1 Å². The van der Waals surface area contributed by atoms with Gasteiger partial charge < -0.3 is 19.3 Å². The lowest BCUT2D eigenvalue weighted by Crippen LogP contribution is -2.41. The highest BCUT2D eigenvalue weighted by Gasteiger charge is 2.38. The Morgan fingerprint density at radius 3 is 2.32 bits per heavy atom. The smallest absolute Gasteiger partial charge is 0.348 e. The number of benzene rings is 2. The predicted molar refractivity (Wildman–Crippen MR) is 98.4 cm³/mol. The first-order valence-electron chi connectivity index (χ1n) is 8.47. The van der Waals surface area contributed by atoms with Crippen molar-refractivity contribution in [1.82, 2.24) is 0 Å². The molecule has 1 N–H and O–H groups in total. The van der Waals surface area contributed by atoms with Gasteiger partial charge in [0, 0.05) is 13.8 Å². The molecule has 1 heterocycles. The van der Waals surface area contributed by atoms with E-state index in [-0.39, 0.29) is 23.5 Å². The molecule has 0 aliphatic carbocycles. The number of aromatic carboxylic acids is 1. The fraction of sp³-hybridized carbons (Fsp3) is 0.190.